The third-order valence-electron chi connectivity index (χ3n) is 5.46. The number of hydrogen-bond acceptors (Lipinski definition) is 4. The molecule has 5 nitrogen and oxygen atoms in total. The normalized spacial score (nSPS) is 25.5. The highest BCUT2D eigenvalue weighted by atomic mass is 32.2. The van der Waals surface area contributed by atoms with Crippen LogP contribution in [0.4, 0.5) is 0 Å². The lowest BCUT2D eigenvalue weighted by Gasteiger charge is -2.28. The summed E-state index contributed by atoms with van der Waals surface area (Å²) in [5.74, 6) is 0.109. The molecule has 2 atom stereocenters. The number of carbonyl (C=O) groups excluding carboxylic acids is 1. The second-order valence-electron chi connectivity index (χ2n) is 7.42. The highest BCUT2D eigenvalue weighted by Crippen LogP contribution is 2.23. The average molecular weight is 372 g/mol. The highest BCUT2D eigenvalue weighted by Gasteiger charge is 2.42. The first-order valence-electron chi connectivity index (χ1n) is 9.22. The second kappa shape index (κ2) is 7.00. The maximum atomic E-state index is 12.6. The van der Waals surface area contributed by atoms with Gasteiger partial charge < -0.3 is 5.32 Å². The Balaban J connectivity index is 1.45. The molecule has 6 heteroatoms. The first-order chi connectivity index (χ1) is 12.5. The van der Waals surface area contributed by atoms with Gasteiger partial charge in [-0.15, -0.1) is 0 Å². The van der Waals surface area contributed by atoms with Crippen molar-refractivity contribution in [2.45, 2.75) is 31.3 Å². The first-order valence-corrected chi connectivity index (χ1v) is 11.0. The number of nitrogens with zero attached hydrogens (tertiary/aromatic N) is 1. The lowest BCUT2D eigenvalue weighted by Crippen LogP contribution is -2.50. The molecule has 2 heterocycles. The number of hydrogen-bond donors (Lipinski definition) is 1. The number of amides is 1. The summed E-state index contributed by atoms with van der Waals surface area (Å²) >= 11 is 0. The van der Waals surface area contributed by atoms with E-state index in [1.165, 1.54) is 0 Å². The minimum Gasteiger partial charge on any atom is -0.350 e. The lowest BCUT2D eigenvalue weighted by atomic mass is 10.0. The molecule has 1 N–H and O–H groups in total. The van der Waals surface area contributed by atoms with Gasteiger partial charge in [0.15, 0.2) is 9.84 Å². The largest absolute Gasteiger partial charge is 0.350 e. The van der Waals surface area contributed by atoms with Crippen molar-refractivity contribution in [2.75, 3.05) is 24.6 Å². The van der Waals surface area contributed by atoms with Crippen molar-refractivity contribution in [3.05, 3.63) is 48.0 Å². The molecule has 2 saturated heterocycles. The van der Waals surface area contributed by atoms with E-state index in [9.17, 15) is 13.2 Å². The van der Waals surface area contributed by atoms with E-state index >= 15 is 0 Å². The molecule has 138 valence electrons. The van der Waals surface area contributed by atoms with Gasteiger partial charge in [-0.25, -0.2) is 8.42 Å². The third kappa shape index (κ3) is 3.76. The van der Waals surface area contributed by atoms with Crippen molar-refractivity contribution in [1.82, 2.24) is 10.2 Å². The van der Waals surface area contributed by atoms with E-state index in [0.717, 1.165) is 42.3 Å². The van der Waals surface area contributed by atoms with Crippen molar-refractivity contribution in [2.24, 2.45) is 0 Å². The van der Waals surface area contributed by atoms with Crippen LogP contribution in [0.5, 0.6) is 0 Å². The summed E-state index contributed by atoms with van der Waals surface area (Å²) in [5, 5.41) is 5.25. The van der Waals surface area contributed by atoms with Crippen LogP contribution in [-0.4, -0.2) is 55.9 Å². The number of rotatable bonds is 4. The minimum atomic E-state index is -3.09. The number of sulfone groups is 1. The SMILES string of the molecule is O=C(Cc1ccc2ccccc2c1)N[C@H]1CS(=O)(=O)C[C@H]1N1CCCC1. The lowest BCUT2D eigenvalue weighted by molar-refractivity contribution is -0.121. The Morgan fingerprint density at radius 3 is 2.54 bits per heavy atom. The van der Waals surface area contributed by atoms with Crippen LogP contribution in [0.15, 0.2) is 42.5 Å². The number of carbonyl (C=O) groups is 1. The number of likely N-dealkylation sites (tertiary alicyclic amines) is 1. The molecule has 2 aromatic carbocycles. The van der Waals surface area contributed by atoms with Gasteiger partial charge >= 0.3 is 0 Å². The van der Waals surface area contributed by atoms with Crippen LogP contribution >= 0.6 is 0 Å². The summed E-state index contributed by atoms with van der Waals surface area (Å²) in [6.07, 6.45) is 2.48. The summed E-state index contributed by atoms with van der Waals surface area (Å²) < 4.78 is 24.2. The van der Waals surface area contributed by atoms with Gasteiger partial charge in [0, 0.05) is 6.04 Å². The molecule has 0 radical (unpaired) electrons. The van der Waals surface area contributed by atoms with E-state index in [1.54, 1.807) is 0 Å². The molecule has 2 fully saturated rings. The van der Waals surface area contributed by atoms with E-state index in [0.29, 0.717) is 0 Å². The third-order valence-corrected chi connectivity index (χ3v) is 7.17. The van der Waals surface area contributed by atoms with Crippen LogP contribution < -0.4 is 5.32 Å². The Morgan fingerprint density at radius 2 is 1.77 bits per heavy atom. The molecular weight excluding hydrogens is 348 g/mol. The molecule has 26 heavy (non-hydrogen) atoms. The molecule has 0 spiro atoms. The topological polar surface area (TPSA) is 66.5 Å². The first kappa shape index (κ1) is 17.5. The molecule has 0 unspecified atom stereocenters. The molecular formula is C20H24N2O3S. The van der Waals surface area contributed by atoms with E-state index in [-0.39, 0.29) is 35.9 Å². The van der Waals surface area contributed by atoms with Gasteiger partial charge in [0.05, 0.1) is 24.0 Å². The smallest absolute Gasteiger partial charge is 0.224 e. The number of fused-ring (bicyclic) bond motifs is 1. The molecule has 2 aromatic rings. The van der Waals surface area contributed by atoms with Crippen LogP contribution in [0.1, 0.15) is 18.4 Å². The Hall–Kier alpha value is -1.92. The van der Waals surface area contributed by atoms with E-state index in [1.807, 2.05) is 42.5 Å². The summed E-state index contributed by atoms with van der Waals surface area (Å²) in [7, 11) is -3.09. The Labute approximate surface area is 154 Å². The van der Waals surface area contributed by atoms with Crippen LogP contribution in [-0.2, 0) is 21.1 Å². The second-order valence-corrected chi connectivity index (χ2v) is 9.57. The predicted molar refractivity (Wildman–Crippen MR) is 103 cm³/mol. The molecule has 2 aliphatic heterocycles. The standard InChI is InChI=1S/C20H24N2O3S/c23-20(12-15-7-8-16-5-1-2-6-17(16)11-15)21-18-13-26(24,25)14-19(18)22-9-3-4-10-22/h1-2,5-8,11,18-19H,3-4,9-10,12-14H2,(H,21,23)/t18-,19+/m0/s1. The fraction of sp³-hybridized carbons (Fsp3) is 0.450. The van der Waals surface area contributed by atoms with Gasteiger partial charge in [-0.1, -0.05) is 42.5 Å². The maximum absolute atomic E-state index is 12.6. The fourth-order valence-electron chi connectivity index (χ4n) is 4.19. The minimum absolute atomic E-state index is 0.0532. The summed E-state index contributed by atoms with van der Waals surface area (Å²) in [6, 6.07) is 13.7. The van der Waals surface area contributed by atoms with Crippen molar-refractivity contribution >= 4 is 26.5 Å². The van der Waals surface area contributed by atoms with Gasteiger partial charge in [0.2, 0.25) is 5.91 Å². The zero-order valence-corrected chi connectivity index (χ0v) is 15.5. The summed E-state index contributed by atoms with van der Waals surface area (Å²) in [4.78, 5) is 14.8. The number of nitrogens with one attached hydrogen (secondary N) is 1. The monoisotopic (exact) mass is 372 g/mol. The molecule has 1 amide bonds. The van der Waals surface area contributed by atoms with Gasteiger partial charge in [-0.05, 0) is 42.3 Å². The zero-order valence-electron chi connectivity index (χ0n) is 14.7. The summed E-state index contributed by atoms with van der Waals surface area (Å²) in [6.45, 7) is 1.86. The van der Waals surface area contributed by atoms with Crippen LogP contribution in [0.3, 0.4) is 0 Å². The van der Waals surface area contributed by atoms with Crippen LogP contribution in [0.2, 0.25) is 0 Å². The van der Waals surface area contributed by atoms with Gasteiger partial charge in [-0.3, -0.25) is 9.69 Å². The average Bonchev–Trinajstić information content (AvgIpc) is 3.22. The Bertz CT molecular complexity index is 920. The van der Waals surface area contributed by atoms with Gasteiger partial charge in [0.25, 0.3) is 0 Å². The van der Waals surface area contributed by atoms with Crippen molar-refractivity contribution in [3.63, 3.8) is 0 Å². The van der Waals surface area contributed by atoms with Crippen molar-refractivity contribution in [3.8, 4) is 0 Å². The van der Waals surface area contributed by atoms with Crippen molar-refractivity contribution < 1.29 is 13.2 Å². The molecule has 0 aromatic heterocycles. The molecule has 0 aliphatic carbocycles. The maximum Gasteiger partial charge on any atom is 0.224 e. The quantitative estimate of drug-likeness (QED) is 0.888. The highest BCUT2D eigenvalue weighted by molar-refractivity contribution is 7.91. The summed E-state index contributed by atoms with van der Waals surface area (Å²) in [5.41, 5.74) is 0.944. The Morgan fingerprint density at radius 1 is 1.04 bits per heavy atom. The van der Waals surface area contributed by atoms with Gasteiger partial charge in [-0.2, -0.15) is 0 Å². The fourth-order valence-corrected chi connectivity index (χ4v) is 6.14. The molecule has 0 bridgehead atoms. The van der Waals surface area contributed by atoms with Gasteiger partial charge in [0.1, 0.15) is 0 Å². The van der Waals surface area contributed by atoms with E-state index in [4.69, 9.17) is 0 Å². The van der Waals surface area contributed by atoms with Crippen molar-refractivity contribution in [1.29, 1.82) is 0 Å². The van der Waals surface area contributed by atoms with Crippen LogP contribution in [0.25, 0.3) is 10.8 Å². The molecule has 4 rings (SSSR count). The number of benzene rings is 2. The van der Waals surface area contributed by atoms with Crippen LogP contribution in [0, 0.1) is 0 Å². The van der Waals surface area contributed by atoms with E-state index in [2.05, 4.69) is 10.2 Å². The predicted octanol–water partition coefficient (Wildman–Crippen LogP) is 1.76. The molecule has 2 aliphatic rings. The van der Waals surface area contributed by atoms with E-state index < -0.39 is 9.84 Å². The molecule has 0 saturated carbocycles. The zero-order chi connectivity index (χ0) is 18.1. The Kier molecular flexibility index (Phi) is 4.71.